The third-order valence-electron chi connectivity index (χ3n) is 7.76. The first-order valence-electron chi connectivity index (χ1n) is 14.4. The van der Waals surface area contributed by atoms with E-state index in [1.54, 1.807) is 38.5 Å². The molecule has 0 saturated carbocycles. The fraction of sp³-hybridized carbons (Fsp3) is 0.257. The van der Waals surface area contributed by atoms with E-state index in [0.29, 0.717) is 56.1 Å². The second kappa shape index (κ2) is 13.6. The number of nitrogens with one attached hydrogen (secondary N) is 2. The molecule has 1 aromatic heterocycles. The number of amides is 1. The van der Waals surface area contributed by atoms with Crippen molar-refractivity contribution in [2.45, 2.75) is 13.0 Å². The van der Waals surface area contributed by atoms with Crippen LogP contribution in [0.15, 0.2) is 71.5 Å². The number of rotatable bonds is 12. The Morgan fingerprint density at radius 2 is 1.47 bits per heavy atom. The summed E-state index contributed by atoms with van der Waals surface area (Å²) in [6.07, 6.45) is 0.841. The standard InChI is InChI=1S/C35H37N3O7/c1-38(20-22-12-15-27(41-2)28(18-22)42-3)17-16-21-10-13-23(14-11-21)36-35(40)25-9-7-8-24-31(25)37-26-19-29(43-4)33(44-5)34(45-6)30(26)32(24)39/h7-15,18-19H,16-17,20H2,1-6H3,(H,36,40)(H,37,39). The van der Waals surface area contributed by atoms with Gasteiger partial charge in [0.05, 0.1) is 57.5 Å². The molecule has 0 saturated heterocycles. The molecule has 0 radical (unpaired) electrons. The highest BCUT2D eigenvalue weighted by Gasteiger charge is 2.22. The first-order chi connectivity index (χ1) is 21.8. The number of carbonyl (C=O) groups is 1. The number of ether oxygens (including phenoxy) is 5. The zero-order valence-corrected chi connectivity index (χ0v) is 26.3. The average molecular weight is 612 g/mol. The van der Waals surface area contributed by atoms with E-state index < -0.39 is 0 Å². The zero-order valence-electron chi connectivity index (χ0n) is 26.3. The van der Waals surface area contributed by atoms with E-state index in [2.05, 4.69) is 22.2 Å². The molecule has 0 aliphatic rings. The molecule has 10 nitrogen and oxygen atoms in total. The maximum Gasteiger partial charge on any atom is 0.257 e. The average Bonchev–Trinajstić information content (AvgIpc) is 3.06. The van der Waals surface area contributed by atoms with Crippen molar-refractivity contribution < 1.29 is 28.5 Å². The molecule has 0 aliphatic heterocycles. The van der Waals surface area contributed by atoms with E-state index in [0.717, 1.165) is 30.6 Å². The van der Waals surface area contributed by atoms with Gasteiger partial charge in [0.25, 0.3) is 5.91 Å². The van der Waals surface area contributed by atoms with Crippen molar-refractivity contribution in [3.8, 4) is 28.7 Å². The van der Waals surface area contributed by atoms with Crippen LogP contribution in [0, 0.1) is 0 Å². The summed E-state index contributed by atoms with van der Waals surface area (Å²) < 4.78 is 27.2. The number of likely N-dealkylation sites (N-methyl/N-ethyl adjacent to an activating group) is 1. The van der Waals surface area contributed by atoms with Gasteiger partial charge in [-0.05, 0) is 61.0 Å². The van der Waals surface area contributed by atoms with Gasteiger partial charge in [-0.2, -0.15) is 0 Å². The van der Waals surface area contributed by atoms with Crippen LogP contribution >= 0.6 is 0 Å². The molecule has 10 heteroatoms. The largest absolute Gasteiger partial charge is 0.493 e. The number of aromatic amines is 1. The monoisotopic (exact) mass is 611 g/mol. The zero-order chi connectivity index (χ0) is 32.1. The smallest absolute Gasteiger partial charge is 0.257 e. The minimum absolute atomic E-state index is 0.261. The molecule has 5 rings (SSSR count). The van der Waals surface area contributed by atoms with Crippen LogP contribution in [0.1, 0.15) is 21.5 Å². The number of anilines is 1. The molecule has 0 aliphatic carbocycles. The van der Waals surface area contributed by atoms with E-state index in [1.165, 1.54) is 21.3 Å². The molecule has 234 valence electrons. The third kappa shape index (κ3) is 6.37. The maximum absolute atomic E-state index is 13.6. The molecule has 0 fully saturated rings. The Morgan fingerprint density at radius 3 is 2.13 bits per heavy atom. The van der Waals surface area contributed by atoms with Crippen LogP contribution in [0.3, 0.4) is 0 Å². The van der Waals surface area contributed by atoms with E-state index >= 15 is 0 Å². The van der Waals surface area contributed by atoms with Gasteiger partial charge in [-0.3, -0.25) is 9.59 Å². The summed E-state index contributed by atoms with van der Waals surface area (Å²) in [7, 11) is 9.79. The van der Waals surface area contributed by atoms with E-state index in [-0.39, 0.29) is 17.1 Å². The highest BCUT2D eigenvalue weighted by molar-refractivity contribution is 6.13. The van der Waals surface area contributed by atoms with Crippen molar-refractivity contribution in [2.24, 2.45) is 0 Å². The predicted octanol–water partition coefficient (Wildman–Crippen LogP) is 5.65. The van der Waals surface area contributed by atoms with E-state index in [9.17, 15) is 9.59 Å². The van der Waals surface area contributed by atoms with Crippen molar-refractivity contribution in [1.82, 2.24) is 9.88 Å². The number of hydrogen-bond donors (Lipinski definition) is 2. The molecule has 1 amide bonds. The van der Waals surface area contributed by atoms with Gasteiger partial charge in [0.15, 0.2) is 23.0 Å². The first kappa shape index (κ1) is 31.2. The van der Waals surface area contributed by atoms with Crippen molar-refractivity contribution in [3.63, 3.8) is 0 Å². The Bertz CT molecular complexity index is 1900. The number of pyridine rings is 1. The summed E-state index contributed by atoms with van der Waals surface area (Å²) in [5.74, 6) is 2.05. The van der Waals surface area contributed by atoms with Crippen LogP contribution in [0.4, 0.5) is 5.69 Å². The van der Waals surface area contributed by atoms with Gasteiger partial charge in [-0.1, -0.05) is 24.3 Å². The Balaban J connectivity index is 1.31. The summed E-state index contributed by atoms with van der Waals surface area (Å²) in [5, 5.41) is 3.63. The number of H-pyrrole nitrogens is 1. The lowest BCUT2D eigenvalue weighted by Crippen LogP contribution is -2.20. The molecule has 0 spiro atoms. The first-order valence-corrected chi connectivity index (χ1v) is 14.4. The Kier molecular flexibility index (Phi) is 9.44. The molecule has 5 aromatic rings. The number of methoxy groups -OCH3 is 5. The molecule has 0 unspecified atom stereocenters. The highest BCUT2D eigenvalue weighted by Crippen LogP contribution is 2.42. The van der Waals surface area contributed by atoms with Gasteiger partial charge >= 0.3 is 0 Å². The summed E-state index contributed by atoms with van der Waals surface area (Å²) in [5.41, 5.74) is 3.85. The number of benzene rings is 4. The third-order valence-corrected chi connectivity index (χ3v) is 7.76. The fourth-order valence-corrected chi connectivity index (χ4v) is 5.46. The van der Waals surface area contributed by atoms with Gasteiger partial charge < -0.3 is 38.9 Å². The van der Waals surface area contributed by atoms with Crippen LogP contribution in [0.5, 0.6) is 28.7 Å². The van der Waals surface area contributed by atoms with E-state index in [4.69, 9.17) is 23.7 Å². The van der Waals surface area contributed by atoms with Gasteiger partial charge in [-0.15, -0.1) is 0 Å². The number of carbonyl (C=O) groups excluding carboxylic acids is 1. The van der Waals surface area contributed by atoms with Crippen LogP contribution < -0.4 is 34.4 Å². The normalized spacial score (nSPS) is 11.1. The number of nitrogens with zero attached hydrogens (tertiary/aromatic N) is 1. The Morgan fingerprint density at radius 1 is 0.778 bits per heavy atom. The Labute approximate surface area is 261 Å². The lowest BCUT2D eigenvalue weighted by molar-refractivity contribution is 0.102. The molecule has 1 heterocycles. The number of aromatic nitrogens is 1. The molecular formula is C35H37N3O7. The quantitative estimate of drug-likeness (QED) is 0.174. The van der Waals surface area contributed by atoms with E-state index in [1.807, 2.05) is 42.5 Å². The second-order valence-corrected chi connectivity index (χ2v) is 10.6. The summed E-state index contributed by atoms with van der Waals surface area (Å²) in [6.45, 7) is 1.61. The van der Waals surface area contributed by atoms with Gasteiger partial charge in [0.2, 0.25) is 11.2 Å². The number of para-hydroxylation sites is 1. The molecular weight excluding hydrogens is 574 g/mol. The van der Waals surface area contributed by atoms with Crippen LogP contribution in [-0.4, -0.2) is 64.9 Å². The molecule has 2 N–H and O–H groups in total. The summed E-state index contributed by atoms with van der Waals surface area (Å²) in [4.78, 5) is 32.6. The highest BCUT2D eigenvalue weighted by atomic mass is 16.5. The molecule has 45 heavy (non-hydrogen) atoms. The SMILES string of the molecule is COc1ccc(CN(C)CCc2ccc(NC(=O)c3cccc4c(=O)c5c(OC)c(OC)c(OC)cc5[nH]c34)cc2)cc1OC. The minimum atomic E-state index is -0.342. The van der Waals surface area contributed by atoms with Crippen molar-refractivity contribution in [1.29, 1.82) is 0 Å². The van der Waals surface area contributed by atoms with Gasteiger partial charge in [0.1, 0.15) is 0 Å². The minimum Gasteiger partial charge on any atom is -0.493 e. The van der Waals surface area contributed by atoms with Crippen LogP contribution in [0.2, 0.25) is 0 Å². The maximum atomic E-state index is 13.6. The van der Waals surface area contributed by atoms with Crippen molar-refractivity contribution in [3.05, 3.63) is 93.6 Å². The predicted molar refractivity (Wildman–Crippen MR) is 176 cm³/mol. The van der Waals surface area contributed by atoms with Crippen molar-refractivity contribution >= 4 is 33.4 Å². The lowest BCUT2D eigenvalue weighted by Gasteiger charge is -2.18. The number of hydrogen-bond acceptors (Lipinski definition) is 8. The molecule has 0 bridgehead atoms. The van der Waals surface area contributed by atoms with Crippen LogP contribution in [-0.2, 0) is 13.0 Å². The summed E-state index contributed by atoms with van der Waals surface area (Å²) in [6, 6.07) is 20.4. The summed E-state index contributed by atoms with van der Waals surface area (Å²) >= 11 is 0. The number of fused-ring (bicyclic) bond motifs is 2. The topological polar surface area (TPSA) is 111 Å². The molecule has 4 aromatic carbocycles. The van der Waals surface area contributed by atoms with Crippen LogP contribution in [0.25, 0.3) is 21.8 Å². The van der Waals surface area contributed by atoms with Crippen molar-refractivity contribution in [2.75, 3.05) is 54.5 Å². The molecule has 0 atom stereocenters. The van der Waals surface area contributed by atoms with Gasteiger partial charge in [0, 0.05) is 30.2 Å². The van der Waals surface area contributed by atoms with Gasteiger partial charge in [-0.25, -0.2) is 0 Å². The second-order valence-electron chi connectivity index (χ2n) is 10.6. The lowest BCUT2D eigenvalue weighted by atomic mass is 10.0. The fourth-order valence-electron chi connectivity index (χ4n) is 5.46. The Hall–Kier alpha value is -5.22.